The van der Waals surface area contributed by atoms with Gasteiger partial charge < -0.3 is 14.2 Å². The molecule has 1 aliphatic rings. The van der Waals surface area contributed by atoms with E-state index in [4.69, 9.17) is 9.26 Å². The van der Waals surface area contributed by atoms with Crippen molar-refractivity contribution in [3.63, 3.8) is 0 Å². The first-order valence-corrected chi connectivity index (χ1v) is 8.28. The van der Waals surface area contributed by atoms with Gasteiger partial charge in [-0.1, -0.05) is 17.3 Å². The lowest BCUT2D eigenvalue weighted by Crippen LogP contribution is -2.24. The molecule has 1 aliphatic heterocycles. The molecule has 27 heavy (non-hydrogen) atoms. The minimum Gasteiger partial charge on any atom is -0.497 e. The second kappa shape index (κ2) is 6.79. The van der Waals surface area contributed by atoms with Crippen molar-refractivity contribution in [2.45, 2.75) is 12.3 Å². The third kappa shape index (κ3) is 3.38. The molecule has 1 saturated heterocycles. The van der Waals surface area contributed by atoms with Gasteiger partial charge in [0.15, 0.2) is 0 Å². The number of hydrogen-bond donors (Lipinski definition) is 0. The highest BCUT2D eigenvalue weighted by molar-refractivity contribution is 5.96. The largest absolute Gasteiger partial charge is 0.497 e. The number of benzene rings is 2. The molecule has 8 heteroatoms. The Labute approximate surface area is 153 Å². The summed E-state index contributed by atoms with van der Waals surface area (Å²) in [5.41, 5.74) is 0.894. The molecule has 4 rings (SSSR count). The topological polar surface area (TPSA) is 68.5 Å². The predicted octanol–water partition coefficient (Wildman–Crippen LogP) is 3.54. The molecule has 0 radical (unpaired) electrons. The quantitative estimate of drug-likeness (QED) is 0.702. The normalized spacial score (nSPS) is 16.8. The average molecular weight is 371 g/mol. The minimum atomic E-state index is -0.737. The van der Waals surface area contributed by atoms with Crippen molar-refractivity contribution in [3.05, 3.63) is 60.0 Å². The highest BCUT2D eigenvalue weighted by atomic mass is 19.1. The summed E-state index contributed by atoms with van der Waals surface area (Å²) < 4.78 is 37.4. The zero-order valence-corrected chi connectivity index (χ0v) is 14.4. The summed E-state index contributed by atoms with van der Waals surface area (Å²) in [5, 5.41) is 3.97. The van der Waals surface area contributed by atoms with Gasteiger partial charge in [-0.3, -0.25) is 4.79 Å². The van der Waals surface area contributed by atoms with Crippen LogP contribution in [0, 0.1) is 11.6 Å². The Morgan fingerprint density at radius 2 is 1.96 bits per heavy atom. The van der Waals surface area contributed by atoms with Gasteiger partial charge in [-0.25, -0.2) is 8.78 Å². The monoisotopic (exact) mass is 371 g/mol. The van der Waals surface area contributed by atoms with Gasteiger partial charge in [0.25, 0.3) is 0 Å². The van der Waals surface area contributed by atoms with E-state index in [0.29, 0.717) is 17.5 Å². The fourth-order valence-corrected chi connectivity index (χ4v) is 3.10. The molecule has 2 heterocycles. The third-order valence-electron chi connectivity index (χ3n) is 4.40. The van der Waals surface area contributed by atoms with Crippen LogP contribution in [0.4, 0.5) is 14.5 Å². The molecule has 0 aliphatic carbocycles. The Kier molecular flexibility index (Phi) is 4.31. The second-order valence-corrected chi connectivity index (χ2v) is 6.22. The lowest BCUT2D eigenvalue weighted by Gasteiger charge is -2.16. The number of anilines is 1. The van der Waals surface area contributed by atoms with Gasteiger partial charge in [0, 0.05) is 30.3 Å². The number of carbonyl (C=O) groups excluding carboxylic acids is 1. The molecule has 1 aromatic heterocycles. The maximum absolute atomic E-state index is 13.5. The molecule has 138 valence electrons. The molecular formula is C19H15F2N3O3. The van der Waals surface area contributed by atoms with Crippen LogP contribution in [-0.4, -0.2) is 29.7 Å². The number of methoxy groups -OCH3 is 1. The number of ether oxygens (including phenoxy) is 1. The SMILES string of the molecule is COc1cccc(-c2noc(C3CC(=O)N(c4cc(F)cc(F)c4)C3)n2)c1. The molecule has 0 spiro atoms. The van der Waals surface area contributed by atoms with E-state index in [0.717, 1.165) is 23.8 Å². The first kappa shape index (κ1) is 17.1. The number of nitrogens with zero attached hydrogens (tertiary/aromatic N) is 3. The Morgan fingerprint density at radius 3 is 2.70 bits per heavy atom. The Morgan fingerprint density at radius 1 is 1.19 bits per heavy atom. The molecule has 1 unspecified atom stereocenters. The zero-order valence-electron chi connectivity index (χ0n) is 14.4. The van der Waals surface area contributed by atoms with Crippen molar-refractivity contribution in [3.8, 4) is 17.1 Å². The van der Waals surface area contributed by atoms with Gasteiger partial charge in [0.2, 0.25) is 17.6 Å². The highest BCUT2D eigenvalue weighted by Gasteiger charge is 2.35. The molecular weight excluding hydrogens is 356 g/mol. The summed E-state index contributed by atoms with van der Waals surface area (Å²) >= 11 is 0. The summed E-state index contributed by atoms with van der Waals surface area (Å²) in [7, 11) is 1.56. The smallest absolute Gasteiger partial charge is 0.232 e. The standard InChI is InChI=1S/C19H15F2N3O3/c1-26-16-4-2-3-11(5-16)18-22-19(27-23-18)12-6-17(25)24(10-12)15-8-13(20)7-14(21)9-15/h2-5,7-9,12H,6,10H2,1H3. The van der Waals surface area contributed by atoms with Crippen molar-refractivity contribution < 1.29 is 22.8 Å². The number of amides is 1. The van der Waals surface area contributed by atoms with Crippen molar-refractivity contribution >= 4 is 11.6 Å². The summed E-state index contributed by atoms with van der Waals surface area (Å²) in [6.45, 7) is 0.210. The van der Waals surface area contributed by atoms with Crippen LogP contribution in [0.15, 0.2) is 47.0 Å². The number of halogens is 2. The average Bonchev–Trinajstić information content (AvgIpc) is 3.28. The van der Waals surface area contributed by atoms with E-state index in [9.17, 15) is 13.6 Å². The Balaban J connectivity index is 1.57. The van der Waals surface area contributed by atoms with E-state index in [2.05, 4.69) is 10.1 Å². The van der Waals surface area contributed by atoms with E-state index in [1.807, 2.05) is 12.1 Å². The van der Waals surface area contributed by atoms with Crippen LogP contribution in [0.2, 0.25) is 0 Å². The lowest BCUT2D eigenvalue weighted by atomic mass is 10.1. The van der Waals surface area contributed by atoms with Crippen molar-refractivity contribution in [1.82, 2.24) is 10.1 Å². The first-order valence-electron chi connectivity index (χ1n) is 8.28. The van der Waals surface area contributed by atoms with Crippen LogP contribution < -0.4 is 9.64 Å². The maximum atomic E-state index is 13.5. The molecule has 0 N–H and O–H groups in total. The summed E-state index contributed by atoms with van der Waals surface area (Å²) in [6.07, 6.45) is 0.123. The molecule has 1 amide bonds. The van der Waals surface area contributed by atoms with E-state index in [1.54, 1.807) is 19.2 Å². The fraction of sp³-hybridized carbons (Fsp3) is 0.211. The molecule has 6 nitrogen and oxygen atoms in total. The van der Waals surface area contributed by atoms with Crippen molar-refractivity contribution in [1.29, 1.82) is 0 Å². The number of rotatable bonds is 4. The highest BCUT2D eigenvalue weighted by Crippen LogP contribution is 2.33. The van der Waals surface area contributed by atoms with Crippen LogP contribution in [0.3, 0.4) is 0 Å². The number of carbonyl (C=O) groups is 1. The Hall–Kier alpha value is -3.29. The van der Waals surface area contributed by atoms with E-state index < -0.39 is 11.6 Å². The molecule has 0 saturated carbocycles. The summed E-state index contributed by atoms with van der Waals surface area (Å²) in [5.74, 6) is -0.734. The number of hydrogen-bond acceptors (Lipinski definition) is 5. The third-order valence-corrected chi connectivity index (χ3v) is 4.40. The summed E-state index contributed by atoms with van der Waals surface area (Å²) in [6, 6.07) is 10.2. The fourth-order valence-electron chi connectivity index (χ4n) is 3.10. The van der Waals surface area contributed by atoms with Crippen molar-refractivity contribution in [2.24, 2.45) is 0 Å². The van der Waals surface area contributed by atoms with Crippen LogP contribution >= 0.6 is 0 Å². The van der Waals surface area contributed by atoms with Crippen molar-refractivity contribution in [2.75, 3.05) is 18.6 Å². The van der Waals surface area contributed by atoms with Gasteiger partial charge in [0.05, 0.1) is 13.0 Å². The van der Waals surface area contributed by atoms with E-state index in [-0.39, 0.29) is 30.5 Å². The van der Waals surface area contributed by atoms with Crippen LogP contribution in [0.5, 0.6) is 5.75 Å². The van der Waals surface area contributed by atoms with Gasteiger partial charge in [-0.15, -0.1) is 0 Å². The van der Waals surface area contributed by atoms with Gasteiger partial charge >= 0.3 is 0 Å². The number of aromatic nitrogens is 2. The summed E-state index contributed by atoms with van der Waals surface area (Å²) in [4.78, 5) is 18.0. The molecule has 1 fully saturated rings. The second-order valence-electron chi connectivity index (χ2n) is 6.22. The van der Waals surface area contributed by atoms with Gasteiger partial charge in [-0.05, 0) is 24.3 Å². The van der Waals surface area contributed by atoms with Crippen LogP contribution in [-0.2, 0) is 4.79 Å². The molecule has 3 aromatic rings. The van der Waals surface area contributed by atoms with Crippen LogP contribution in [0.1, 0.15) is 18.2 Å². The van der Waals surface area contributed by atoms with Gasteiger partial charge in [-0.2, -0.15) is 4.98 Å². The molecule has 1 atom stereocenters. The molecule has 2 aromatic carbocycles. The Bertz CT molecular complexity index is 985. The van der Waals surface area contributed by atoms with E-state index in [1.165, 1.54) is 4.90 Å². The molecule has 0 bridgehead atoms. The van der Waals surface area contributed by atoms with Gasteiger partial charge in [0.1, 0.15) is 17.4 Å². The maximum Gasteiger partial charge on any atom is 0.232 e. The van der Waals surface area contributed by atoms with E-state index >= 15 is 0 Å². The minimum absolute atomic E-state index is 0.123. The predicted molar refractivity (Wildman–Crippen MR) is 92.4 cm³/mol. The van der Waals surface area contributed by atoms with Crippen LogP contribution in [0.25, 0.3) is 11.4 Å². The lowest BCUT2D eigenvalue weighted by molar-refractivity contribution is -0.117. The first-order chi connectivity index (χ1) is 13.0. The zero-order chi connectivity index (χ0) is 19.0.